The second-order valence-electron chi connectivity index (χ2n) is 4.52. The highest BCUT2D eigenvalue weighted by Crippen LogP contribution is 2.23. The Morgan fingerprint density at radius 3 is 2.89 bits per heavy atom. The van der Waals surface area contributed by atoms with Crippen molar-refractivity contribution in [3.05, 3.63) is 60.6 Å². The third-order valence-corrected chi connectivity index (χ3v) is 3.11. The Labute approximate surface area is 112 Å². The molecular weight excluding hydrogens is 234 g/mol. The zero-order chi connectivity index (χ0) is 13.1. The maximum Gasteiger partial charge on any atom is 0.0702 e. The molecule has 3 aromatic rings. The van der Waals surface area contributed by atoms with E-state index in [1.165, 1.54) is 11.1 Å². The summed E-state index contributed by atoms with van der Waals surface area (Å²) < 4.78 is 0. The average Bonchev–Trinajstić information content (AvgIpc) is 2.47. The number of pyridine rings is 2. The van der Waals surface area contributed by atoms with Gasteiger partial charge in [-0.05, 0) is 42.4 Å². The van der Waals surface area contributed by atoms with Crippen LogP contribution >= 0.6 is 0 Å². The van der Waals surface area contributed by atoms with E-state index >= 15 is 0 Å². The van der Waals surface area contributed by atoms with Crippen LogP contribution in [0.1, 0.15) is 5.56 Å². The monoisotopic (exact) mass is 249 g/mol. The molecule has 3 nitrogen and oxygen atoms in total. The summed E-state index contributed by atoms with van der Waals surface area (Å²) in [6.45, 7) is 0.829. The van der Waals surface area contributed by atoms with Crippen LogP contribution in [0.25, 0.3) is 22.0 Å². The molecule has 0 atom stereocenters. The molecule has 0 saturated carbocycles. The molecule has 0 fully saturated rings. The predicted octanol–water partition coefficient (Wildman–Crippen LogP) is 3.02. The summed E-state index contributed by atoms with van der Waals surface area (Å²) in [5, 5.41) is 4.29. The first kappa shape index (κ1) is 11.8. The van der Waals surface area contributed by atoms with Gasteiger partial charge < -0.3 is 5.32 Å². The molecule has 3 heteroatoms. The standard InChI is InChI=1S/C16H15N3/c1-17-9-12-7-15(11-18-10-12)13-4-5-16-14(8-13)3-2-6-19-16/h2-8,10-11,17H,9H2,1H3. The summed E-state index contributed by atoms with van der Waals surface area (Å²) >= 11 is 0. The smallest absolute Gasteiger partial charge is 0.0702 e. The van der Waals surface area contributed by atoms with Gasteiger partial charge in [0, 0.05) is 36.1 Å². The van der Waals surface area contributed by atoms with Gasteiger partial charge in [-0.15, -0.1) is 0 Å². The fraction of sp³-hybridized carbons (Fsp3) is 0.125. The molecule has 0 unspecified atom stereocenters. The highest BCUT2D eigenvalue weighted by Gasteiger charge is 2.02. The number of nitrogens with one attached hydrogen (secondary N) is 1. The van der Waals surface area contributed by atoms with Gasteiger partial charge in [-0.1, -0.05) is 12.1 Å². The molecule has 19 heavy (non-hydrogen) atoms. The Hall–Kier alpha value is -2.26. The molecule has 0 aliphatic heterocycles. The van der Waals surface area contributed by atoms with Crippen molar-refractivity contribution in [2.75, 3.05) is 7.05 Å². The van der Waals surface area contributed by atoms with Crippen LogP contribution in [0.5, 0.6) is 0 Å². The molecule has 94 valence electrons. The Kier molecular flexibility index (Phi) is 3.21. The van der Waals surface area contributed by atoms with Crippen LogP contribution in [0.2, 0.25) is 0 Å². The Bertz CT molecular complexity index is 707. The van der Waals surface area contributed by atoms with Gasteiger partial charge in [-0.25, -0.2) is 0 Å². The summed E-state index contributed by atoms with van der Waals surface area (Å²) in [5.41, 5.74) is 4.52. The molecule has 1 N–H and O–H groups in total. The van der Waals surface area contributed by atoms with Crippen LogP contribution in [-0.4, -0.2) is 17.0 Å². The van der Waals surface area contributed by atoms with E-state index in [9.17, 15) is 0 Å². The predicted molar refractivity (Wildman–Crippen MR) is 77.7 cm³/mol. The number of hydrogen-bond acceptors (Lipinski definition) is 3. The van der Waals surface area contributed by atoms with E-state index in [0.29, 0.717) is 0 Å². The van der Waals surface area contributed by atoms with Crippen molar-refractivity contribution in [1.82, 2.24) is 15.3 Å². The van der Waals surface area contributed by atoms with Gasteiger partial charge in [0.15, 0.2) is 0 Å². The van der Waals surface area contributed by atoms with Crippen molar-refractivity contribution in [2.45, 2.75) is 6.54 Å². The number of fused-ring (bicyclic) bond motifs is 1. The molecule has 2 aromatic heterocycles. The van der Waals surface area contributed by atoms with Crippen molar-refractivity contribution in [3.8, 4) is 11.1 Å². The molecule has 0 saturated heterocycles. The van der Waals surface area contributed by atoms with Gasteiger partial charge in [-0.3, -0.25) is 9.97 Å². The minimum Gasteiger partial charge on any atom is -0.316 e. The largest absolute Gasteiger partial charge is 0.316 e. The van der Waals surface area contributed by atoms with Gasteiger partial charge in [0.05, 0.1) is 5.52 Å². The van der Waals surface area contributed by atoms with E-state index in [-0.39, 0.29) is 0 Å². The third kappa shape index (κ3) is 2.46. The number of rotatable bonds is 3. The summed E-state index contributed by atoms with van der Waals surface area (Å²) in [7, 11) is 1.94. The maximum absolute atomic E-state index is 4.34. The van der Waals surface area contributed by atoms with Crippen LogP contribution in [-0.2, 0) is 6.54 Å². The number of hydrogen-bond donors (Lipinski definition) is 1. The van der Waals surface area contributed by atoms with Gasteiger partial charge in [-0.2, -0.15) is 0 Å². The van der Waals surface area contributed by atoms with Gasteiger partial charge >= 0.3 is 0 Å². The van der Waals surface area contributed by atoms with Gasteiger partial charge in [0.25, 0.3) is 0 Å². The summed E-state index contributed by atoms with van der Waals surface area (Å²) in [6.07, 6.45) is 5.61. The normalized spacial score (nSPS) is 10.8. The van der Waals surface area contributed by atoms with E-state index in [4.69, 9.17) is 0 Å². The zero-order valence-corrected chi connectivity index (χ0v) is 10.8. The lowest BCUT2D eigenvalue weighted by Crippen LogP contribution is -2.05. The maximum atomic E-state index is 4.34. The van der Waals surface area contributed by atoms with Crippen LogP contribution in [0.15, 0.2) is 55.0 Å². The molecule has 0 radical (unpaired) electrons. The highest BCUT2D eigenvalue weighted by molar-refractivity contribution is 5.84. The van der Waals surface area contributed by atoms with E-state index in [1.807, 2.05) is 31.7 Å². The Balaban J connectivity index is 2.05. The fourth-order valence-electron chi connectivity index (χ4n) is 2.20. The summed E-state index contributed by atoms with van der Waals surface area (Å²) in [6, 6.07) is 12.5. The van der Waals surface area contributed by atoms with E-state index in [0.717, 1.165) is 23.0 Å². The molecule has 0 spiro atoms. The van der Waals surface area contributed by atoms with Crippen molar-refractivity contribution < 1.29 is 0 Å². The minimum absolute atomic E-state index is 0.829. The molecule has 3 rings (SSSR count). The molecule has 1 aromatic carbocycles. The van der Waals surface area contributed by atoms with Crippen molar-refractivity contribution in [3.63, 3.8) is 0 Å². The number of nitrogens with zero attached hydrogens (tertiary/aromatic N) is 2. The summed E-state index contributed by atoms with van der Waals surface area (Å²) in [4.78, 5) is 8.64. The lowest BCUT2D eigenvalue weighted by atomic mass is 10.0. The second kappa shape index (κ2) is 5.16. The molecule has 0 aliphatic carbocycles. The number of benzene rings is 1. The first-order valence-electron chi connectivity index (χ1n) is 6.30. The van der Waals surface area contributed by atoms with Crippen molar-refractivity contribution >= 4 is 10.9 Å². The summed E-state index contributed by atoms with van der Waals surface area (Å²) in [5.74, 6) is 0. The lowest BCUT2D eigenvalue weighted by molar-refractivity contribution is 0.813. The number of aromatic nitrogens is 2. The molecular formula is C16H15N3. The van der Waals surface area contributed by atoms with Crippen LogP contribution in [0, 0.1) is 0 Å². The van der Waals surface area contributed by atoms with Gasteiger partial charge in [0.1, 0.15) is 0 Å². The van der Waals surface area contributed by atoms with Crippen LogP contribution in [0.3, 0.4) is 0 Å². The van der Waals surface area contributed by atoms with Crippen molar-refractivity contribution in [2.24, 2.45) is 0 Å². The fourth-order valence-corrected chi connectivity index (χ4v) is 2.20. The quantitative estimate of drug-likeness (QED) is 0.775. The molecule has 2 heterocycles. The van der Waals surface area contributed by atoms with Crippen LogP contribution in [0.4, 0.5) is 0 Å². The Morgan fingerprint density at radius 1 is 1.05 bits per heavy atom. The molecule has 0 bridgehead atoms. The van der Waals surface area contributed by atoms with Gasteiger partial charge in [0.2, 0.25) is 0 Å². The second-order valence-corrected chi connectivity index (χ2v) is 4.52. The van der Waals surface area contributed by atoms with E-state index in [1.54, 1.807) is 0 Å². The Morgan fingerprint density at radius 2 is 2.00 bits per heavy atom. The molecule has 0 aliphatic rings. The average molecular weight is 249 g/mol. The topological polar surface area (TPSA) is 37.8 Å². The van der Waals surface area contributed by atoms with E-state index < -0.39 is 0 Å². The third-order valence-electron chi connectivity index (χ3n) is 3.11. The van der Waals surface area contributed by atoms with E-state index in [2.05, 4.69) is 45.6 Å². The SMILES string of the molecule is CNCc1cncc(-c2ccc3ncccc3c2)c1. The minimum atomic E-state index is 0.829. The van der Waals surface area contributed by atoms with Crippen molar-refractivity contribution in [1.29, 1.82) is 0 Å². The highest BCUT2D eigenvalue weighted by atomic mass is 14.8. The first-order chi connectivity index (χ1) is 9.36. The van der Waals surface area contributed by atoms with Crippen LogP contribution < -0.4 is 5.32 Å². The lowest BCUT2D eigenvalue weighted by Gasteiger charge is -2.06. The first-order valence-corrected chi connectivity index (χ1v) is 6.30. The molecule has 0 amide bonds. The zero-order valence-electron chi connectivity index (χ0n) is 10.8.